The van der Waals surface area contributed by atoms with Gasteiger partial charge in [0.25, 0.3) is 5.91 Å². The molecule has 1 aromatic carbocycles. The highest BCUT2D eigenvalue weighted by Crippen LogP contribution is 2.30. The van der Waals surface area contributed by atoms with E-state index < -0.39 is 12.0 Å². The molecule has 1 aliphatic carbocycles. The summed E-state index contributed by atoms with van der Waals surface area (Å²) in [5, 5.41) is 0. The number of rotatable bonds is 2. The fourth-order valence-corrected chi connectivity index (χ4v) is 2.12. The number of benzene rings is 1. The lowest BCUT2D eigenvalue weighted by molar-refractivity contribution is -0.137. The maximum atomic E-state index is 11.9. The maximum Gasteiger partial charge on any atom is 0.283 e. The van der Waals surface area contributed by atoms with Crippen LogP contribution in [-0.4, -0.2) is 24.5 Å². The van der Waals surface area contributed by atoms with Gasteiger partial charge in [0, 0.05) is 5.92 Å². The Bertz CT molecular complexity index is 528. The first-order valence-corrected chi connectivity index (χ1v) is 6.72. The molecule has 6 nitrogen and oxygen atoms in total. The zero-order chi connectivity index (χ0) is 13.9. The number of para-hydroxylation sites is 2. The SMILES string of the molecule is O=C(NNC(=O)[C@@H]1COc2ccccc2O1)C1CCC1. The summed E-state index contributed by atoms with van der Waals surface area (Å²) in [6.07, 6.45) is 2.09. The highest BCUT2D eigenvalue weighted by atomic mass is 16.6. The number of ether oxygens (including phenoxy) is 2. The van der Waals surface area contributed by atoms with Crippen LogP contribution in [0.15, 0.2) is 24.3 Å². The zero-order valence-corrected chi connectivity index (χ0v) is 10.9. The molecule has 0 spiro atoms. The predicted molar refractivity (Wildman–Crippen MR) is 70.0 cm³/mol. The van der Waals surface area contributed by atoms with Crippen LogP contribution in [-0.2, 0) is 9.59 Å². The third-order valence-corrected chi connectivity index (χ3v) is 3.59. The first kappa shape index (κ1) is 12.8. The van der Waals surface area contributed by atoms with E-state index in [2.05, 4.69) is 10.9 Å². The third kappa shape index (κ3) is 2.54. The van der Waals surface area contributed by atoms with Gasteiger partial charge >= 0.3 is 0 Å². The van der Waals surface area contributed by atoms with Crippen molar-refractivity contribution in [1.82, 2.24) is 10.9 Å². The maximum absolute atomic E-state index is 11.9. The second kappa shape index (κ2) is 5.40. The van der Waals surface area contributed by atoms with Crippen molar-refractivity contribution in [3.8, 4) is 11.5 Å². The van der Waals surface area contributed by atoms with Crippen molar-refractivity contribution < 1.29 is 19.1 Å². The molecular weight excluding hydrogens is 260 g/mol. The summed E-state index contributed by atoms with van der Waals surface area (Å²) in [6.45, 7) is 0.127. The Morgan fingerprint density at radius 3 is 2.45 bits per heavy atom. The van der Waals surface area contributed by atoms with E-state index in [1.807, 2.05) is 6.07 Å². The van der Waals surface area contributed by atoms with Gasteiger partial charge in [-0.25, -0.2) is 0 Å². The normalized spacial score (nSPS) is 20.7. The molecule has 1 heterocycles. The van der Waals surface area contributed by atoms with Gasteiger partial charge in [0.2, 0.25) is 12.0 Å². The number of hydrazine groups is 1. The topological polar surface area (TPSA) is 76.7 Å². The van der Waals surface area contributed by atoms with Crippen LogP contribution >= 0.6 is 0 Å². The van der Waals surface area contributed by atoms with Crippen LogP contribution in [0, 0.1) is 5.92 Å². The highest BCUT2D eigenvalue weighted by Gasteiger charge is 2.29. The van der Waals surface area contributed by atoms with Crippen molar-refractivity contribution in [2.24, 2.45) is 5.92 Å². The van der Waals surface area contributed by atoms with Gasteiger partial charge in [-0.1, -0.05) is 18.6 Å². The Hall–Kier alpha value is -2.24. The molecule has 20 heavy (non-hydrogen) atoms. The van der Waals surface area contributed by atoms with Gasteiger partial charge in [0.15, 0.2) is 11.5 Å². The molecule has 1 fully saturated rings. The van der Waals surface area contributed by atoms with Crippen LogP contribution in [0.5, 0.6) is 11.5 Å². The summed E-state index contributed by atoms with van der Waals surface area (Å²) in [5.74, 6) is 0.632. The molecule has 1 aliphatic heterocycles. The summed E-state index contributed by atoms with van der Waals surface area (Å²) in [6, 6.07) is 7.16. The number of carbonyl (C=O) groups is 2. The van der Waals surface area contributed by atoms with Crippen molar-refractivity contribution in [1.29, 1.82) is 0 Å². The molecule has 0 unspecified atom stereocenters. The Morgan fingerprint density at radius 1 is 1.05 bits per heavy atom. The van der Waals surface area contributed by atoms with E-state index in [9.17, 15) is 9.59 Å². The molecule has 2 amide bonds. The minimum atomic E-state index is -0.758. The molecule has 1 aromatic rings. The monoisotopic (exact) mass is 276 g/mol. The minimum absolute atomic E-state index is 0.0274. The van der Waals surface area contributed by atoms with E-state index >= 15 is 0 Å². The molecule has 2 N–H and O–H groups in total. The Kier molecular flexibility index (Phi) is 3.45. The summed E-state index contributed by atoms with van der Waals surface area (Å²) < 4.78 is 11.0. The number of hydrogen-bond acceptors (Lipinski definition) is 4. The lowest BCUT2D eigenvalue weighted by Crippen LogP contribution is -2.52. The van der Waals surface area contributed by atoms with Gasteiger partial charge in [0.1, 0.15) is 6.61 Å². The third-order valence-electron chi connectivity index (χ3n) is 3.59. The second-order valence-electron chi connectivity index (χ2n) is 4.97. The Balaban J connectivity index is 1.52. The van der Waals surface area contributed by atoms with E-state index in [0.717, 1.165) is 19.3 Å². The number of carbonyl (C=O) groups excluding carboxylic acids is 2. The van der Waals surface area contributed by atoms with Crippen LogP contribution in [0.1, 0.15) is 19.3 Å². The van der Waals surface area contributed by atoms with Crippen LogP contribution in [0.2, 0.25) is 0 Å². The molecule has 106 valence electrons. The smallest absolute Gasteiger partial charge is 0.283 e. The molecule has 3 rings (SSSR count). The summed E-state index contributed by atoms with van der Waals surface area (Å²) in [4.78, 5) is 23.5. The van der Waals surface area contributed by atoms with Crippen LogP contribution in [0.25, 0.3) is 0 Å². The Labute approximate surface area is 116 Å². The fourth-order valence-electron chi connectivity index (χ4n) is 2.12. The molecular formula is C14H16N2O4. The average Bonchev–Trinajstić information content (AvgIpc) is 2.42. The van der Waals surface area contributed by atoms with Crippen LogP contribution < -0.4 is 20.3 Å². The van der Waals surface area contributed by atoms with Crippen molar-refractivity contribution in [3.05, 3.63) is 24.3 Å². The highest BCUT2D eigenvalue weighted by molar-refractivity contribution is 5.86. The zero-order valence-electron chi connectivity index (χ0n) is 10.9. The first-order chi connectivity index (χ1) is 9.74. The molecule has 0 saturated heterocycles. The molecule has 0 radical (unpaired) electrons. The average molecular weight is 276 g/mol. The molecule has 1 saturated carbocycles. The van der Waals surface area contributed by atoms with E-state index in [4.69, 9.17) is 9.47 Å². The molecule has 2 aliphatic rings. The Morgan fingerprint density at radius 2 is 1.75 bits per heavy atom. The van der Waals surface area contributed by atoms with Gasteiger partial charge in [-0.3, -0.25) is 20.4 Å². The standard InChI is InChI=1S/C14H16N2O4/c17-13(9-4-3-5-9)15-16-14(18)12-8-19-10-6-1-2-7-11(10)20-12/h1-2,6-7,9,12H,3-5,8H2,(H,15,17)(H,16,18)/t12-/m0/s1. The van der Waals surface area contributed by atoms with Gasteiger partial charge in [0.05, 0.1) is 0 Å². The first-order valence-electron chi connectivity index (χ1n) is 6.72. The molecule has 0 bridgehead atoms. The fraction of sp³-hybridized carbons (Fsp3) is 0.429. The lowest BCUT2D eigenvalue weighted by Gasteiger charge is -2.27. The number of amides is 2. The van der Waals surface area contributed by atoms with E-state index in [1.165, 1.54) is 0 Å². The van der Waals surface area contributed by atoms with Crippen molar-refractivity contribution >= 4 is 11.8 Å². The van der Waals surface area contributed by atoms with E-state index in [1.54, 1.807) is 18.2 Å². The predicted octanol–water partition coefficient (Wildman–Crippen LogP) is 0.774. The van der Waals surface area contributed by atoms with Crippen molar-refractivity contribution in [2.45, 2.75) is 25.4 Å². The molecule has 6 heteroatoms. The van der Waals surface area contributed by atoms with Gasteiger partial charge in [-0.2, -0.15) is 0 Å². The number of hydrogen-bond donors (Lipinski definition) is 2. The van der Waals surface area contributed by atoms with Crippen LogP contribution in [0.4, 0.5) is 0 Å². The summed E-state index contributed by atoms with van der Waals surface area (Å²) in [5.41, 5.74) is 4.82. The molecule has 0 aromatic heterocycles. The summed E-state index contributed by atoms with van der Waals surface area (Å²) in [7, 11) is 0. The van der Waals surface area contributed by atoms with Crippen molar-refractivity contribution in [2.75, 3.05) is 6.61 Å². The lowest BCUT2D eigenvalue weighted by atomic mass is 9.85. The van der Waals surface area contributed by atoms with E-state index in [-0.39, 0.29) is 18.4 Å². The van der Waals surface area contributed by atoms with Gasteiger partial charge < -0.3 is 9.47 Å². The minimum Gasteiger partial charge on any atom is -0.485 e. The van der Waals surface area contributed by atoms with Gasteiger partial charge in [-0.15, -0.1) is 0 Å². The van der Waals surface area contributed by atoms with Crippen molar-refractivity contribution in [3.63, 3.8) is 0 Å². The number of nitrogens with one attached hydrogen (secondary N) is 2. The second-order valence-corrected chi connectivity index (χ2v) is 4.97. The van der Waals surface area contributed by atoms with Crippen LogP contribution in [0.3, 0.4) is 0 Å². The summed E-state index contributed by atoms with van der Waals surface area (Å²) >= 11 is 0. The largest absolute Gasteiger partial charge is 0.485 e. The van der Waals surface area contributed by atoms with E-state index in [0.29, 0.717) is 11.5 Å². The molecule has 1 atom stereocenters. The number of fused-ring (bicyclic) bond motifs is 1. The quantitative estimate of drug-likeness (QED) is 0.782. The van der Waals surface area contributed by atoms with Gasteiger partial charge in [-0.05, 0) is 25.0 Å².